The van der Waals surface area contributed by atoms with Crippen LogP contribution < -0.4 is 4.90 Å². The Kier molecular flexibility index (Phi) is 1.87. The molecule has 0 bridgehead atoms. The highest BCUT2D eigenvalue weighted by molar-refractivity contribution is 6.04. The van der Waals surface area contributed by atoms with Gasteiger partial charge in [-0.15, -0.1) is 0 Å². The van der Waals surface area contributed by atoms with E-state index >= 15 is 0 Å². The minimum absolute atomic E-state index is 0.182. The van der Waals surface area contributed by atoms with Crippen LogP contribution in [0.15, 0.2) is 42.5 Å². The third kappa shape index (κ3) is 1.34. The Labute approximate surface area is 75.9 Å². The summed E-state index contributed by atoms with van der Waals surface area (Å²) in [6.07, 6.45) is 2.02. The molecular weight excluding hydrogens is 166 g/mol. The van der Waals surface area contributed by atoms with E-state index < -0.39 is 6.23 Å². The molecule has 1 N–H and O–H groups in total. The molecule has 0 unspecified atom stereocenters. The highest BCUT2D eigenvalue weighted by Gasteiger charge is 2.24. The molecule has 1 amide bonds. The predicted molar refractivity (Wildman–Crippen MR) is 49.1 cm³/mol. The average molecular weight is 175 g/mol. The normalized spacial score (nSPS) is 21.2. The average Bonchev–Trinajstić information content (AvgIpc) is 2.48. The van der Waals surface area contributed by atoms with Gasteiger partial charge in [-0.25, -0.2) is 0 Å². The Hall–Kier alpha value is -1.61. The van der Waals surface area contributed by atoms with E-state index in [4.69, 9.17) is 0 Å². The van der Waals surface area contributed by atoms with Gasteiger partial charge in [-0.3, -0.25) is 9.69 Å². The fourth-order valence-corrected chi connectivity index (χ4v) is 1.33. The number of aliphatic hydroxyl groups excluding tert-OH is 1. The molecule has 0 saturated heterocycles. The molecule has 0 fully saturated rings. The second-order valence-electron chi connectivity index (χ2n) is 2.82. The Morgan fingerprint density at radius 2 is 1.92 bits per heavy atom. The van der Waals surface area contributed by atoms with Crippen molar-refractivity contribution in [3.63, 3.8) is 0 Å². The molecule has 0 aromatic heterocycles. The van der Waals surface area contributed by atoms with Gasteiger partial charge in [0.05, 0.1) is 0 Å². The summed E-state index contributed by atoms with van der Waals surface area (Å²) in [5.41, 5.74) is 0.713. The molecule has 3 nitrogen and oxygen atoms in total. The van der Waals surface area contributed by atoms with Crippen LogP contribution in [0.25, 0.3) is 0 Å². The first kappa shape index (κ1) is 8.01. The Morgan fingerprint density at radius 1 is 1.23 bits per heavy atom. The molecule has 2 rings (SSSR count). The molecule has 1 heterocycles. The molecule has 66 valence electrons. The summed E-state index contributed by atoms with van der Waals surface area (Å²) >= 11 is 0. The number of nitrogens with zero attached hydrogens (tertiary/aromatic N) is 1. The summed E-state index contributed by atoms with van der Waals surface area (Å²) in [5, 5.41) is 9.43. The molecule has 1 aromatic carbocycles. The first-order valence-electron chi connectivity index (χ1n) is 4.03. The zero-order valence-electron chi connectivity index (χ0n) is 6.92. The minimum Gasteiger partial charge on any atom is -0.369 e. The van der Waals surface area contributed by atoms with Crippen molar-refractivity contribution in [1.82, 2.24) is 0 Å². The molecule has 1 aromatic rings. The molecule has 3 heteroatoms. The van der Waals surface area contributed by atoms with Crippen LogP contribution in [-0.4, -0.2) is 17.2 Å². The highest BCUT2D eigenvalue weighted by atomic mass is 16.3. The largest absolute Gasteiger partial charge is 0.369 e. The van der Waals surface area contributed by atoms with Crippen molar-refractivity contribution in [2.24, 2.45) is 0 Å². The summed E-state index contributed by atoms with van der Waals surface area (Å²) < 4.78 is 0. The highest BCUT2D eigenvalue weighted by Crippen LogP contribution is 2.20. The van der Waals surface area contributed by atoms with Crippen LogP contribution in [0.2, 0.25) is 0 Å². The van der Waals surface area contributed by atoms with E-state index in [1.54, 1.807) is 12.1 Å². The Morgan fingerprint density at radius 3 is 2.46 bits per heavy atom. The number of para-hydroxylation sites is 1. The summed E-state index contributed by atoms with van der Waals surface area (Å²) in [6.45, 7) is 0. The fraction of sp³-hybridized carbons (Fsp3) is 0.100. The molecule has 1 aliphatic heterocycles. The molecule has 0 saturated carbocycles. The molecule has 1 atom stereocenters. The van der Waals surface area contributed by atoms with Crippen molar-refractivity contribution in [3.05, 3.63) is 42.5 Å². The molecule has 0 radical (unpaired) electrons. The quantitative estimate of drug-likeness (QED) is 0.689. The van der Waals surface area contributed by atoms with Crippen LogP contribution >= 0.6 is 0 Å². The number of hydrogen-bond donors (Lipinski definition) is 1. The number of anilines is 1. The van der Waals surface area contributed by atoms with Gasteiger partial charge in [0.25, 0.3) is 5.91 Å². The minimum atomic E-state index is -0.824. The maximum atomic E-state index is 11.3. The summed E-state index contributed by atoms with van der Waals surface area (Å²) in [7, 11) is 0. The number of hydrogen-bond acceptors (Lipinski definition) is 2. The van der Waals surface area contributed by atoms with Crippen LogP contribution in [0.5, 0.6) is 0 Å². The lowest BCUT2D eigenvalue weighted by Crippen LogP contribution is -2.33. The summed E-state index contributed by atoms with van der Waals surface area (Å²) in [4.78, 5) is 12.6. The van der Waals surface area contributed by atoms with E-state index in [1.807, 2.05) is 18.2 Å². The monoisotopic (exact) mass is 175 g/mol. The smallest absolute Gasteiger partial charge is 0.253 e. The van der Waals surface area contributed by atoms with Gasteiger partial charge in [0.2, 0.25) is 0 Å². The zero-order chi connectivity index (χ0) is 9.26. The van der Waals surface area contributed by atoms with Crippen LogP contribution in [0.4, 0.5) is 5.69 Å². The van der Waals surface area contributed by atoms with Gasteiger partial charge in [0, 0.05) is 11.8 Å². The number of rotatable bonds is 1. The van der Waals surface area contributed by atoms with Crippen molar-refractivity contribution < 1.29 is 9.90 Å². The van der Waals surface area contributed by atoms with Gasteiger partial charge >= 0.3 is 0 Å². The van der Waals surface area contributed by atoms with Crippen LogP contribution in [-0.2, 0) is 4.79 Å². The van der Waals surface area contributed by atoms with Crippen LogP contribution in [0.1, 0.15) is 0 Å². The second kappa shape index (κ2) is 3.03. The number of carbonyl (C=O) groups is 1. The van der Waals surface area contributed by atoms with Crippen LogP contribution in [0.3, 0.4) is 0 Å². The maximum absolute atomic E-state index is 11.3. The lowest BCUT2D eigenvalue weighted by Gasteiger charge is -2.19. The van der Waals surface area contributed by atoms with Gasteiger partial charge in [0.15, 0.2) is 6.23 Å². The van der Waals surface area contributed by atoms with Gasteiger partial charge in [-0.05, 0) is 18.2 Å². The summed E-state index contributed by atoms with van der Waals surface area (Å²) in [6, 6.07) is 9.09. The van der Waals surface area contributed by atoms with E-state index in [1.165, 1.54) is 17.1 Å². The standard InChI is InChI=1S/C10H9NO2/c12-9-6-7-10(13)11(9)8-4-2-1-3-5-8/h1-7,9,12H/t9-/m1/s1. The van der Waals surface area contributed by atoms with E-state index in [2.05, 4.69) is 0 Å². The van der Waals surface area contributed by atoms with Crippen molar-refractivity contribution in [3.8, 4) is 0 Å². The third-order valence-electron chi connectivity index (χ3n) is 1.95. The molecule has 0 aliphatic carbocycles. The lowest BCUT2D eigenvalue weighted by molar-refractivity contribution is -0.114. The van der Waals surface area contributed by atoms with Crippen molar-refractivity contribution >= 4 is 11.6 Å². The third-order valence-corrected chi connectivity index (χ3v) is 1.95. The number of carbonyl (C=O) groups excluding carboxylic acids is 1. The van der Waals surface area contributed by atoms with Crippen molar-refractivity contribution in [1.29, 1.82) is 0 Å². The van der Waals surface area contributed by atoms with E-state index in [-0.39, 0.29) is 5.91 Å². The first-order chi connectivity index (χ1) is 6.29. The van der Waals surface area contributed by atoms with Gasteiger partial charge in [-0.1, -0.05) is 18.2 Å². The topological polar surface area (TPSA) is 40.5 Å². The molecular formula is C10H9NO2. The Balaban J connectivity index is 2.33. The molecule has 13 heavy (non-hydrogen) atoms. The number of aliphatic hydroxyl groups is 1. The lowest BCUT2D eigenvalue weighted by atomic mass is 10.3. The van der Waals surface area contributed by atoms with Gasteiger partial charge in [-0.2, -0.15) is 0 Å². The van der Waals surface area contributed by atoms with Crippen LogP contribution in [0, 0.1) is 0 Å². The van der Waals surface area contributed by atoms with Gasteiger partial charge in [0.1, 0.15) is 0 Å². The fourth-order valence-electron chi connectivity index (χ4n) is 1.33. The van der Waals surface area contributed by atoms with Gasteiger partial charge < -0.3 is 5.11 Å². The number of benzene rings is 1. The van der Waals surface area contributed by atoms with Crippen molar-refractivity contribution in [2.45, 2.75) is 6.23 Å². The SMILES string of the molecule is O=C1C=C[C@@H](O)N1c1ccccc1. The Bertz CT molecular complexity index is 345. The van der Waals surface area contributed by atoms with E-state index in [0.717, 1.165) is 0 Å². The van der Waals surface area contributed by atoms with E-state index in [0.29, 0.717) is 5.69 Å². The maximum Gasteiger partial charge on any atom is 0.253 e. The second-order valence-corrected chi connectivity index (χ2v) is 2.82. The zero-order valence-corrected chi connectivity index (χ0v) is 6.92. The number of amides is 1. The molecule has 0 spiro atoms. The predicted octanol–water partition coefficient (Wildman–Crippen LogP) is 0.908. The van der Waals surface area contributed by atoms with Crippen molar-refractivity contribution in [2.75, 3.05) is 4.90 Å². The molecule has 1 aliphatic rings. The van der Waals surface area contributed by atoms with E-state index in [9.17, 15) is 9.90 Å². The summed E-state index contributed by atoms with van der Waals surface area (Å²) in [5.74, 6) is -0.182. The first-order valence-corrected chi connectivity index (χ1v) is 4.03.